The first-order valence-corrected chi connectivity index (χ1v) is 7.06. The lowest BCUT2D eigenvalue weighted by molar-refractivity contribution is 0.326. The van der Waals surface area contributed by atoms with Crippen molar-refractivity contribution in [2.45, 2.75) is 51.4 Å². The fraction of sp³-hybridized carbons (Fsp3) is 0.786. The van der Waals surface area contributed by atoms with Crippen LogP contribution in [-0.4, -0.2) is 19.0 Å². The zero-order chi connectivity index (χ0) is 11.9. The highest BCUT2D eigenvalue weighted by atomic mass is 127. The summed E-state index contributed by atoms with van der Waals surface area (Å²) in [6.45, 7) is 1.85. The van der Waals surface area contributed by atoms with Crippen molar-refractivity contribution in [1.82, 2.24) is 5.32 Å². The lowest BCUT2D eigenvalue weighted by Gasteiger charge is -2.23. The zero-order valence-electron chi connectivity index (χ0n) is 11.2. The van der Waals surface area contributed by atoms with Gasteiger partial charge in [-0.05, 0) is 50.9 Å². The highest BCUT2D eigenvalue weighted by Crippen LogP contribution is 2.26. The molecule has 0 spiro atoms. The van der Waals surface area contributed by atoms with Crippen LogP contribution in [0.5, 0.6) is 0 Å². The summed E-state index contributed by atoms with van der Waals surface area (Å²) in [5.41, 5.74) is 7.43. The molecule has 4 heteroatoms. The maximum absolute atomic E-state index is 5.84. The number of allylic oxidation sites excluding steroid dienone is 1. The van der Waals surface area contributed by atoms with E-state index < -0.39 is 0 Å². The van der Waals surface area contributed by atoms with Crippen molar-refractivity contribution in [1.29, 1.82) is 0 Å². The minimum absolute atomic E-state index is 0. The average Bonchev–Trinajstić information content (AvgIpc) is 2.28. The Bertz CT molecular complexity index is 295. The van der Waals surface area contributed by atoms with E-state index in [9.17, 15) is 0 Å². The van der Waals surface area contributed by atoms with Gasteiger partial charge < -0.3 is 11.1 Å². The summed E-state index contributed by atoms with van der Waals surface area (Å²) in [6, 6.07) is 0. The SMILES string of the molecule is I.NC(=NCC1CCC1)NCCC1=CCCCC1. The van der Waals surface area contributed by atoms with Crippen LogP contribution < -0.4 is 11.1 Å². The molecule has 0 atom stereocenters. The Hall–Kier alpha value is -0.260. The summed E-state index contributed by atoms with van der Waals surface area (Å²) in [5, 5.41) is 3.22. The van der Waals surface area contributed by atoms with E-state index >= 15 is 0 Å². The summed E-state index contributed by atoms with van der Waals surface area (Å²) >= 11 is 0. The molecule has 3 nitrogen and oxygen atoms in total. The third-order valence-electron chi connectivity index (χ3n) is 3.88. The van der Waals surface area contributed by atoms with Gasteiger partial charge in [-0.1, -0.05) is 18.1 Å². The van der Waals surface area contributed by atoms with Gasteiger partial charge in [0.05, 0.1) is 0 Å². The first-order chi connectivity index (χ1) is 8.34. The predicted molar refractivity (Wildman–Crippen MR) is 88.4 cm³/mol. The minimum atomic E-state index is 0. The summed E-state index contributed by atoms with van der Waals surface area (Å²) in [7, 11) is 0. The molecule has 0 heterocycles. The van der Waals surface area contributed by atoms with Gasteiger partial charge >= 0.3 is 0 Å². The fourth-order valence-corrected chi connectivity index (χ4v) is 2.44. The van der Waals surface area contributed by atoms with E-state index in [1.54, 1.807) is 5.57 Å². The Morgan fingerprint density at radius 3 is 2.78 bits per heavy atom. The van der Waals surface area contributed by atoms with Gasteiger partial charge in [-0.3, -0.25) is 4.99 Å². The molecule has 0 aromatic rings. The van der Waals surface area contributed by atoms with E-state index in [2.05, 4.69) is 16.4 Å². The van der Waals surface area contributed by atoms with Gasteiger partial charge in [0.2, 0.25) is 0 Å². The smallest absolute Gasteiger partial charge is 0.188 e. The van der Waals surface area contributed by atoms with Crippen LogP contribution in [0.3, 0.4) is 0 Å². The highest BCUT2D eigenvalue weighted by molar-refractivity contribution is 14.0. The van der Waals surface area contributed by atoms with Gasteiger partial charge in [0.1, 0.15) is 0 Å². The third-order valence-corrected chi connectivity index (χ3v) is 3.88. The molecular formula is C14H26IN3. The molecule has 1 fully saturated rings. The highest BCUT2D eigenvalue weighted by Gasteiger charge is 2.16. The first kappa shape index (κ1) is 15.8. The second-order valence-corrected chi connectivity index (χ2v) is 5.31. The standard InChI is InChI=1S/C14H25N3.HI/c15-14(17-11-13-7-4-8-13)16-10-9-12-5-2-1-3-6-12;/h5,13H,1-4,6-11H2,(H3,15,16,17);1H. The van der Waals surface area contributed by atoms with Gasteiger partial charge in [0.15, 0.2) is 5.96 Å². The first-order valence-electron chi connectivity index (χ1n) is 7.06. The van der Waals surface area contributed by atoms with E-state index in [1.165, 1.54) is 44.9 Å². The number of guanidine groups is 1. The van der Waals surface area contributed by atoms with Gasteiger partial charge in [0.25, 0.3) is 0 Å². The number of hydrogen-bond acceptors (Lipinski definition) is 1. The molecule has 0 aromatic heterocycles. The molecule has 0 radical (unpaired) electrons. The van der Waals surface area contributed by atoms with Crippen molar-refractivity contribution in [3.8, 4) is 0 Å². The fourth-order valence-electron chi connectivity index (χ4n) is 2.44. The molecule has 0 bridgehead atoms. The number of hydrogen-bond donors (Lipinski definition) is 2. The monoisotopic (exact) mass is 363 g/mol. The zero-order valence-corrected chi connectivity index (χ0v) is 13.5. The summed E-state index contributed by atoms with van der Waals surface area (Å²) < 4.78 is 0. The largest absolute Gasteiger partial charge is 0.370 e. The average molecular weight is 363 g/mol. The second kappa shape index (κ2) is 8.77. The Labute approximate surface area is 128 Å². The lowest BCUT2D eigenvalue weighted by Crippen LogP contribution is -2.33. The number of nitrogens with zero attached hydrogens (tertiary/aromatic N) is 1. The van der Waals surface area contributed by atoms with E-state index in [1.807, 2.05) is 0 Å². The molecule has 0 unspecified atom stereocenters. The van der Waals surface area contributed by atoms with E-state index in [0.29, 0.717) is 5.96 Å². The molecule has 3 N–H and O–H groups in total. The molecule has 0 aromatic carbocycles. The summed E-state index contributed by atoms with van der Waals surface area (Å²) in [6.07, 6.45) is 12.8. The van der Waals surface area contributed by atoms with E-state index in [0.717, 1.165) is 25.4 Å². The van der Waals surface area contributed by atoms with Crippen molar-refractivity contribution in [3.63, 3.8) is 0 Å². The van der Waals surface area contributed by atoms with Crippen LogP contribution in [0, 0.1) is 5.92 Å². The molecule has 0 saturated heterocycles. The minimum Gasteiger partial charge on any atom is -0.370 e. The molecule has 2 aliphatic rings. The molecule has 2 rings (SSSR count). The Balaban J connectivity index is 0.00000162. The Morgan fingerprint density at radius 1 is 1.33 bits per heavy atom. The molecule has 104 valence electrons. The quantitative estimate of drug-likeness (QED) is 0.341. The van der Waals surface area contributed by atoms with Gasteiger partial charge in [-0.15, -0.1) is 24.0 Å². The summed E-state index contributed by atoms with van der Waals surface area (Å²) in [5.74, 6) is 1.43. The van der Waals surface area contributed by atoms with Crippen molar-refractivity contribution < 1.29 is 0 Å². The number of aliphatic imine (C=N–C) groups is 1. The maximum Gasteiger partial charge on any atom is 0.188 e. The van der Waals surface area contributed by atoms with Crippen LogP contribution in [-0.2, 0) is 0 Å². The number of halogens is 1. The van der Waals surface area contributed by atoms with E-state index in [-0.39, 0.29) is 24.0 Å². The van der Waals surface area contributed by atoms with Crippen LogP contribution in [0.25, 0.3) is 0 Å². The van der Waals surface area contributed by atoms with Crippen LogP contribution in [0.2, 0.25) is 0 Å². The Kier molecular flexibility index (Phi) is 7.70. The predicted octanol–water partition coefficient (Wildman–Crippen LogP) is 3.20. The van der Waals surface area contributed by atoms with Crippen LogP contribution in [0.4, 0.5) is 0 Å². The molecule has 0 amide bonds. The van der Waals surface area contributed by atoms with Crippen LogP contribution in [0.15, 0.2) is 16.6 Å². The van der Waals surface area contributed by atoms with Crippen LogP contribution in [0.1, 0.15) is 51.4 Å². The van der Waals surface area contributed by atoms with Crippen LogP contribution >= 0.6 is 24.0 Å². The molecule has 18 heavy (non-hydrogen) atoms. The molecule has 2 aliphatic carbocycles. The van der Waals surface area contributed by atoms with E-state index in [4.69, 9.17) is 5.73 Å². The number of rotatable bonds is 5. The number of nitrogens with one attached hydrogen (secondary N) is 1. The van der Waals surface area contributed by atoms with Crippen molar-refractivity contribution in [2.24, 2.45) is 16.6 Å². The van der Waals surface area contributed by atoms with Gasteiger partial charge in [0, 0.05) is 13.1 Å². The normalized spacial score (nSPS) is 20.7. The van der Waals surface area contributed by atoms with Crippen molar-refractivity contribution >= 4 is 29.9 Å². The lowest BCUT2D eigenvalue weighted by atomic mass is 9.86. The summed E-state index contributed by atoms with van der Waals surface area (Å²) in [4.78, 5) is 4.39. The maximum atomic E-state index is 5.84. The second-order valence-electron chi connectivity index (χ2n) is 5.31. The topological polar surface area (TPSA) is 50.4 Å². The number of nitrogens with two attached hydrogens (primary N) is 1. The molecular weight excluding hydrogens is 337 g/mol. The molecule has 0 aliphatic heterocycles. The van der Waals surface area contributed by atoms with Crippen molar-refractivity contribution in [3.05, 3.63) is 11.6 Å². The van der Waals surface area contributed by atoms with Crippen molar-refractivity contribution in [2.75, 3.05) is 13.1 Å². The Morgan fingerprint density at radius 2 is 2.17 bits per heavy atom. The third kappa shape index (κ3) is 5.59. The van der Waals surface area contributed by atoms with Gasteiger partial charge in [-0.2, -0.15) is 0 Å². The molecule has 1 saturated carbocycles. The van der Waals surface area contributed by atoms with Gasteiger partial charge in [-0.25, -0.2) is 0 Å².